The van der Waals surface area contributed by atoms with Gasteiger partial charge in [-0.3, -0.25) is 4.79 Å². The number of ether oxygens (including phenoxy) is 1. The Bertz CT molecular complexity index is 766. The molecular weight excluding hydrogens is 286 g/mol. The van der Waals surface area contributed by atoms with Crippen molar-refractivity contribution in [3.63, 3.8) is 0 Å². The average Bonchev–Trinajstić information content (AvgIpc) is 3.01. The van der Waals surface area contributed by atoms with Gasteiger partial charge in [-0.2, -0.15) is 4.68 Å². The number of ketones is 1. The molecule has 1 N–H and O–H groups in total. The topological polar surface area (TPSA) is 99.0 Å². The van der Waals surface area contributed by atoms with Gasteiger partial charge in [0.25, 0.3) is 0 Å². The molecule has 1 aliphatic rings. The molecular formula is C14H13N5O3. The van der Waals surface area contributed by atoms with Gasteiger partial charge in [-0.05, 0) is 22.9 Å². The molecule has 1 aromatic carbocycles. The molecule has 0 spiro atoms. The van der Waals surface area contributed by atoms with E-state index in [9.17, 15) is 9.59 Å². The second kappa shape index (κ2) is 5.40. The van der Waals surface area contributed by atoms with Crippen LogP contribution in [0, 0.1) is 0 Å². The number of Topliss-reactive ketones (excluding diaryl/α,β-unsaturated/α-hetero) is 1. The van der Waals surface area contributed by atoms with Crippen LogP contribution in [0.25, 0.3) is 0 Å². The summed E-state index contributed by atoms with van der Waals surface area (Å²) in [4.78, 5) is 24.2. The third-order valence-corrected chi connectivity index (χ3v) is 3.40. The fourth-order valence-electron chi connectivity index (χ4n) is 2.46. The Morgan fingerprint density at radius 2 is 2.00 bits per heavy atom. The molecule has 1 aliphatic heterocycles. The van der Waals surface area contributed by atoms with E-state index in [1.165, 1.54) is 18.7 Å². The summed E-state index contributed by atoms with van der Waals surface area (Å²) in [5.41, 5.74) is 1.12. The normalized spacial score (nSPS) is 16.7. The van der Waals surface area contributed by atoms with E-state index < -0.39 is 12.0 Å². The molecule has 0 fully saturated rings. The Labute approximate surface area is 125 Å². The number of esters is 1. The summed E-state index contributed by atoms with van der Waals surface area (Å²) < 4.78 is 6.23. The van der Waals surface area contributed by atoms with Gasteiger partial charge in [0, 0.05) is 0 Å². The van der Waals surface area contributed by atoms with Crippen LogP contribution in [-0.4, -0.2) is 39.1 Å². The van der Waals surface area contributed by atoms with Crippen molar-refractivity contribution in [2.75, 3.05) is 12.4 Å². The number of hydrogen-bond acceptors (Lipinski definition) is 7. The lowest BCUT2D eigenvalue weighted by molar-refractivity contribution is -0.136. The van der Waals surface area contributed by atoms with Crippen LogP contribution in [0.3, 0.4) is 0 Å². The maximum absolute atomic E-state index is 12.2. The number of tetrazole rings is 1. The van der Waals surface area contributed by atoms with E-state index in [0.29, 0.717) is 0 Å². The number of benzene rings is 1. The van der Waals surface area contributed by atoms with E-state index in [-0.39, 0.29) is 23.0 Å². The SMILES string of the molecule is COC(=O)C1=C(C(C)=O)[C@H](c2ccccc2)n2nnnc2N1. The number of nitrogens with zero attached hydrogens (tertiary/aromatic N) is 4. The van der Waals surface area contributed by atoms with Gasteiger partial charge in [0.05, 0.1) is 12.7 Å². The van der Waals surface area contributed by atoms with Gasteiger partial charge < -0.3 is 10.1 Å². The average molecular weight is 299 g/mol. The molecule has 22 heavy (non-hydrogen) atoms. The van der Waals surface area contributed by atoms with Crippen molar-refractivity contribution in [2.45, 2.75) is 13.0 Å². The highest BCUT2D eigenvalue weighted by molar-refractivity contribution is 6.05. The van der Waals surface area contributed by atoms with Crippen molar-refractivity contribution in [2.24, 2.45) is 0 Å². The molecule has 8 nitrogen and oxygen atoms in total. The Hall–Kier alpha value is -3.03. The fourth-order valence-corrected chi connectivity index (χ4v) is 2.46. The van der Waals surface area contributed by atoms with Crippen molar-refractivity contribution in [1.29, 1.82) is 0 Å². The van der Waals surface area contributed by atoms with Crippen LogP contribution >= 0.6 is 0 Å². The highest BCUT2D eigenvalue weighted by atomic mass is 16.5. The molecule has 8 heteroatoms. The minimum Gasteiger partial charge on any atom is -0.464 e. The van der Waals surface area contributed by atoms with Gasteiger partial charge in [-0.1, -0.05) is 35.4 Å². The third-order valence-electron chi connectivity index (χ3n) is 3.40. The number of rotatable bonds is 3. The molecule has 2 aromatic rings. The molecule has 0 saturated carbocycles. The van der Waals surface area contributed by atoms with Crippen LogP contribution in [0.2, 0.25) is 0 Å². The van der Waals surface area contributed by atoms with E-state index in [1.54, 1.807) is 0 Å². The highest BCUT2D eigenvalue weighted by Gasteiger charge is 2.36. The number of fused-ring (bicyclic) bond motifs is 1. The molecule has 0 aliphatic carbocycles. The van der Waals surface area contributed by atoms with Gasteiger partial charge in [-0.25, -0.2) is 4.79 Å². The summed E-state index contributed by atoms with van der Waals surface area (Å²) in [6, 6.07) is 8.66. The van der Waals surface area contributed by atoms with Crippen molar-refractivity contribution < 1.29 is 14.3 Å². The van der Waals surface area contributed by atoms with E-state index in [2.05, 4.69) is 20.8 Å². The van der Waals surface area contributed by atoms with Crippen molar-refractivity contribution in [3.8, 4) is 0 Å². The molecule has 0 radical (unpaired) electrons. The Kier molecular flexibility index (Phi) is 3.42. The predicted octanol–water partition coefficient (Wildman–Crippen LogP) is 0.704. The molecule has 0 bridgehead atoms. The van der Waals surface area contributed by atoms with Crippen molar-refractivity contribution >= 4 is 17.7 Å². The minimum atomic E-state index is -0.639. The standard InChI is InChI=1S/C14H13N5O3/c1-8(20)10-11(13(21)22-2)15-14-16-17-18-19(14)12(10)9-6-4-3-5-7-9/h3-7,12H,1-2H3,(H,15,16,18)/t12-/m0/s1. The quantitative estimate of drug-likeness (QED) is 0.833. The van der Waals surface area contributed by atoms with E-state index in [0.717, 1.165) is 5.56 Å². The van der Waals surface area contributed by atoms with E-state index in [1.807, 2.05) is 30.3 Å². The number of nitrogens with one attached hydrogen (secondary N) is 1. The lowest BCUT2D eigenvalue weighted by Crippen LogP contribution is -2.32. The molecule has 0 amide bonds. The monoisotopic (exact) mass is 299 g/mol. The molecule has 1 aromatic heterocycles. The summed E-state index contributed by atoms with van der Waals surface area (Å²) in [6.07, 6.45) is 0. The number of aromatic nitrogens is 4. The summed E-state index contributed by atoms with van der Waals surface area (Å²) in [5, 5.41) is 14.1. The predicted molar refractivity (Wildman–Crippen MR) is 75.7 cm³/mol. The first-order valence-corrected chi connectivity index (χ1v) is 6.56. The molecule has 0 unspecified atom stereocenters. The van der Waals surface area contributed by atoms with Crippen LogP contribution in [0.15, 0.2) is 41.6 Å². The van der Waals surface area contributed by atoms with E-state index >= 15 is 0 Å². The van der Waals surface area contributed by atoms with Crippen LogP contribution in [0.4, 0.5) is 5.95 Å². The first-order valence-electron chi connectivity index (χ1n) is 6.56. The Morgan fingerprint density at radius 1 is 1.27 bits per heavy atom. The highest BCUT2D eigenvalue weighted by Crippen LogP contribution is 2.34. The molecule has 0 saturated heterocycles. The van der Waals surface area contributed by atoms with Crippen LogP contribution in [0.5, 0.6) is 0 Å². The lowest BCUT2D eigenvalue weighted by atomic mass is 9.93. The van der Waals surface area contributed by atoms with Gasteiger partial charge in [0.2, 0.25) is 5.95 Å². The van der Waals surface area contributed by atoms with E-state index in [4.69, 9.17) is 4.74 Å². The summed E-state index contributed by atoms with van der Waals surface area (Å²) in [5.74, 6) is -0.623. The smallest absolute Gasteiger partial charge is 0.355 e. The van der Waals surface area contributed by atoms with Crippen LogP contribution < -0.4 is 5.32 Å². The van der Waals surface area contributed by atoms with Crippen molar-refractivity contribution in [3.05, 3.63) is 47.2 Å². The first kappa shape index (κ1) is 13.9. The lowest BCUT2D eigenvalue weighted by Gasteiger charge is -2.27. The number of carbonyl (C=O) groups excluding carboxylic acids is 2. The fraction of sp³-hybridized carbons (Fsp3) is 0.214. The van der Waals surface area contributed by atoms with Gasteiger partial charge in [-0.15, -0.1) is 0 Å². The third kappa shape index (κ3) is 2.14. The van der Waals surface area contributed by atoms with Crippen molar-refractivity contribution in [1.82, 2.24) is 20.2 Å². The number of anilines is 1. The number of hydrogen-bond donors (Lipinski definition) is 1. The molecule has 1 atom stereocenters. The summed E-state index contributed by atoms with van der Waals surface area (Å²) >= 11 is 0. The zero-order valence-corrected chi connectivity index (χ0v) is 12.0. The van der Waals surface area contributed by atoms with Crippen LogP contribution in [-0.2, 0) is 14.3 Å². The molecule has 112 valence electrons. The van der Waals surface area contributed by atoms with Gasteiger partial charge >= 0.3 is 5.97 Å². The maximum Gasteiger partial charge on any atom is 0.355 e. The van der Waals surface area contributed by atoms with Gasteiger partial charge in [0.15, 0.2) is 5.78 Å². The molecule has 3 rings (SSSR count). The largest absolute Gasteiger partial charge is 0.464 e. The zero-order chi connectivity index (χ0) is 15.7. The van der Waals surface area contributed by atoms with Crippen LogP contribution in [0.1, 0.15) is 18.5 Å². The first-order chi connectivity index (χ1) is 10.6. The second-order valence-corrected chi connectivity index (χ2v) is 4.72. The Balaban J connectivity index is 2.25. The number of methoxy groups -OCH3 is 1. The second-order valence-electron chi connectivity index (χ2n) is 4.72. The number of allylic oxidation sites excluding steroid dienone is 1. The summed E-state index contributed by atoms with van der Waals surface area (Å²) in [6.45, 7) is 1.39. The zero-order valence-electron chi connectivity index (χ0n) is 12.0. The van der Waals surface area contributed by atoms with Gasteiger partial charge in [0.1, 0.15) is 11.7 Å². The number of carbonyl (C=O) groups is 2. The minimum absolute atomic E-state index is 0.0613. The Morgan fingerprint density at radius 3 is 2.64 bits per heavy atom. The summed E-state index contributed by atoms with van der Waals surface area (Å²) in [7, 11) is 1.25. The molecule has 2 heterocycles. The maximum atomic E-state index is 12.2.